The van der Waals surface area contributed by atoms with Crippen LogP contribution in [0.4, 0.5) is 0 Å². The van der Waals surface area contributed by atoms with E-state index < -0.39 is 0 Å². The monoisotopic (exact) mass is 239 g/mol. The predicted octanol–water partition coefficient (Wildman–Crippen LogP) is 2.66. The van der Waals surface area contributed by atoms with Gasteiger partial charge >= 0.3 is 0 Å². The van der Waals surface area contributed by atoms with Crippen LogP contribution in [0.3, 0.4) is 0 Å². The minimum atomic E-state index is 0.573. The molecule has 0 bridgehead atoms. The van der Waals surface area contributed by atoms with Gasteiger partial charge in [0.15, 0.2) is 5.16 Å². The van der Waals surface area contributed by atoms with E-state index in [1.165, 1.54) is 12.8 Å². The molecule has 0 aromatic carbocycles. The average Bonchev–Trinajstić information content (AvgIpc) is 2.27. The van der Waals surface area contributed by atoms with E-state index in [2.05, 4.69) is 29.1 Å². The fourth-order valence-corrected chi connectivity index (χ4v) is 2.53. The molecular formula is C12H21N3S. The van der Waals surface area contributed by atoms with Crippen molar-refractivity contribution >= 4 is 11.8 Å². The Labute approximate surface area is 102 Å². The van der Waals surface area contributed by atoms with Crippen molar-refractivity contribution in [2.45, 2.75) is 44.8 Å². The zero-order chi connectivity index (χ0) is 11.8. The van der Waals surface area contributed by atoms with Crippen molar-refractivity contribution < 1.29 is 0 Å². The van der Waals surface area contributed by atoms with Gasteiger partial charge < -0.3 is 5.32 Å². The number of rotatable bonds is 7. The van der Waals surface area contributed by atoms with Gasteiger partial charge in [-0.2, -0.15) is 0 Å². The second-order valence-corrected chi connectivity index (χ2v) is 4.82. The Morgan fingerprint density at radius 2 is 2.25 bits per heavy atom. The highest BCUT2D eigenvalue weighted by Gasteiger charge is 2.07. The number of aromatic nitrogens is 2. The highest BCUT2D eigenvalue weighted by atomic mass is 32.2. The van der Waals surface area contributed by atoms with E-state index in [1.54, 1.807) is 11.8 Å². The normalized spacial score (nSPS) is 12.7. The van der Waals surface area contributed by atoms with Gasteiger partial charge in [0.25, 0.3) is 0 Å². The van der Waals surface area contributed by atoms with Crippen LogP contribution in [0.25, 0.3) is 0 Å². The lowest BCUT2D eigenvalue weighted by Gasteiger charge is -2.15. The summed E-state index contributed by atoms with van der Waals surface area (Å²) in [5, 5.41) is 4.38. The molecule has 0 aliphatic heterocycles. The van der Waals surface area contributed by atoms with Crippen LogP contribution in [0.2, 0.25) is 0 Å². The van der Waals surface area contributed by atoms with Crippen molar-refractivity contribution in [3.05, 3.63) is 18.0 Å². The first-order chi connectivity index (χ1) is 7.76. The summed E-state index contributed by atoms with van der Waals surface area (Å²) >= 11 is 1.74. The summed E-state index contributed by atoms with van der Waals surface area (Å²) in [5.74, 6) is 1.05. The molecule has 0 spiro atoms. The minimum absolute atomic E-state index is 0.573. The van der Waals surface area contributed by atoms with Crippen LogP contribution in [0.1, 0.15) is 32.4 Å². The van der Waals surface area contributed by atoms with Gasteiger partial charge in [-0.25, -0.2) is 9.97 Å². The van der Waals surface area contributed by atoms with Crippen molar-refractivity contribution in [3.8, 4) is 0 Å². The summed E-state index contributed by atoms with van der Waals surface area (Å²) in [7, 11) is 0. The van der Waals surface area contributed by atoms with Gasteiger partial charge in [0.2, 0.25) is 0 Å². The van der Waals surface area contributed by atoms with Gasteiger partial charge in [-0.1, -0.05) is 32.0 Å². The predicted molar refractivity (Wildman–Crippen MR) is 69.9 cm³/mol. The Morgan fingerprint density at radius 1 is 1.44 bits per heavy atom. The Hall–Kier alpha value is -0.610. The molecule has 0 saturated carbocycles. The van der Waals surface area contributed by atoms with Crippen molar-refractivity contribution in [1.29, 1.82) is 0 Å². The maximum atomic E-state index is 4.39. The van der Waals surface area contributed by atoms with Crippen LogP contribution in [0, 0.1) is 6.92 Å². The Bertz CT molecular complexity index is 298. The first-order valence-corrected chi connectivity index (χ1v) is 6.90. The number of nitrogens with zero attached hydrogens (tertiary/aromatic N) is 2. The fourth-order valence-electron chi connectivity index (χ4n) is 1.55. The van der Waals surface area contributed by atoms with E-state index in [4.69, 9.17) is 0 Å². The first-order valence-electron chi connectivity index (χ1n) is 5.92. The second-order valence-electron chi connectivity index (χ2n) is 3.83. The molecule has 4 heteroatoms. The molecular weight excluding hydrogens is 218 g/mol. The molecule has 90 valence electrons. The van der Waals surface area contributed by atoms with Gasteiger partial charge in [-0.3, -0.25) is 0 Å². The van der Waals surface area contributed by atoms with E-state index >= 15 is 0 Å². The summed E-state index contributed by atoms with van der Waals surface area (Å²) in [5.41, 5.74) is 1.04. The van der Waals surface area contributed by atoms with Crippen molar-refractivity contribution in [2.24, 2.45) is 0 Å². The largest absolute Gasteiger partial charge is 0.313 e. The van der Waals surface area contributed by atoms with E-state index in [0.29, 0.717) is 6.04 Å². The lowest BCUT2D eigenvalue weighted by Crippen LogP contribution is -2.30. The molecule has 0 aliphatic carbocycles. The van der Waals surface area contributed by atoms with Crippen LogP contribution >= 0.6 is 11.8 Å². The topological polar surface area (TPSA) is 37.8 Å². The lowest BCUT2D eigenvalue weighted by atomic mass is 10.2. The number of nitrogens with one attached hydrogen (secondary N) is 1. The molecule has 1 atom stereocenters. The highest BCUT2D eigenvalue weighted by Crippen LogP contribution is 2.15. The zero-order valence-corrected chi connectivity index (χ0v) is 11.2. The summed E-state index contributed by atoms with van der Waals surface area (Å²) in [4.78, 5) is 8.65. The van der Waals surface area contributed by atoms with Crippen LogP contribution in [0.5, 0.6) is 0 Å². The van der Waals surface area contributed by atoms with E-state index in [1.807, 2.05) is 19.2 Å². The third-order valence-electron chi connectivity index (χ3n) is 2.32. The third-order valence-corrected chi connectivity index (χ3v) is 3.34. The molecule has 1 heterocycles. The highest BCUT2D eigenvalue weighted by molar-refractivity contribution is 7.99. The fraction of sp³-hybridized carbons (Fsp3) is 0.667. The Kier molecular flexibility index (Phi) is 6.42. The number of hydrogen-bond donors (Lipinski definition) is 1. The zero-order valence-electron chi connectivity index (χ0n) is 10.4. The van der Waals surface area contributed by atoms with Crippen molar-refractivity contribution in [2.75, 3.05) is 12.3 Å². The van der Waals surface area contributed by atoms with Crippen LogP contribution < -0.4 is 5.32 Å². The molecule has 1 aromatic heterocycles. The maximum Gasteiger partial charge on any atom is 0.187 e. The maximum absolute atomic E-state index is 4.39. The summed E-state index contributed by atoms with van der Waals surface area (Å²) in [6, 6.07) is 2.50. The molecule has 0 radical (unpaired) electrons. The SMILES string of the molecule is CCCC(CSc1nccc(C)n1)NCC. The Morgan fingerprint density at radius 3 is 2.88 bits per heavy atom. The summed E-state index contributed by atoms with van der Waals surface area (Å²) in [6.07, 6.45) is 4.26. The van der Waals surface area contributed by atoms with E-state index in [-0.39, 0.29) is 0 Å². The molecule has 1 N–H and O–H groups in total. The molecule has 1 rings (SSSR count). The van der Waals surface area contributed by atoms with E-state index in [0.717, 1.165) is 23.1 Å². The van der Waals surface area contributed by atoms with Crippen LogP contribution in [-0.2, 0) is 0 Å². The van der Waals surface area contributed by atoms with Gasteiger partial charge in [-0.05, 0) is 26.0 Å². The molecule has 16 heavy (non-hydrogen) atoms. The molecule has 3 nitrogen and oxygen atoms in total. The van der Waals surface area contributed by atoms with Crippen LogP contribution in [0.15, 0.2) is 17.4 Å². The number of hydrogen-bond acceptors (Lipinski definition) is 4. The second kappa shape index (κ2) is 7.63. The molecule has 0 saturated heterocycles. The van der Waals surface area contributed by atoms with Gasteiger partial charge in [0, 0.05) is 23.7 Å². The molecule has 0 amide bonds. The quantitative estimate of drug-likeness (QED) is 0.586. The van der Waals surface area contributed by atoms with Gasteiger partial charge in [0.1, 0.15) is 0 Å². The van der Waals surface area contributed by atoms with E-state index in [9.17, 15) is 0 Å². The third kappa shape index (κ3) is 4.94. The number of aryl methyl sites for hydroxylation is 1. The standard InChI is InChI=1S/C12H21N3S/c1-4-6-11(13-5-2)9-16-12-14-8-7-10(3)15-12/h7-8,11,13H,4-6,9H2,1-3H3. The van der Waals surface area contributed by atoms with Crippen molar-refractivity contribution in [3.63, 3.8) is 0 Å². The summed E-state index contributed by atoms with van der Waals surface area (Å²) < 4.78 is 0. The van der Waals surface area contributed by atoms with Gasteiger partial charge in [-0.15, -0.1) is 0 Å². The van der Waals surface area contributed by atoms with Crippen LogP contribution in [-0.4, -0.2) is 28.3 Å². The first kappa shape index (κ1) is 13.5. The number of thioether (sulfide) groups is 1. The lowest BCUT2D eigenvalue weighted by molar-refractivity contribution is 0.531. The summed E-state index contributed by atoms with van der Waals surface area (Å²) in [6.45, 7) is 7.40. The van der Waals surface area contributed by atoms with Crippen molar-refractivity contribution in [1.82, 2.24) is 15.3 Å². The molecule has 0 fully saturated rings. The smallest absolute Gasteiger partial charge is 0.187 e. The molecule has 0 aliphatic rings. The molecule has 1 unspecified atom stereocenters. The molecule has 1 aromatic rings. The average molecular weight is 239 g/mol. The Balaban J connectivity index is 2.41. The van der Waals surface area contributed by atoms with Gasteiger partial charge in [0.05, 0.1) is 0 Å². The minimum Gasteiger partial charge on any atom is -0.313 e.